The van der Waals surface area contributed by atoms with E-state index in [1.54, 1.807) is 18.2 Å². The average molecular weight is 285 g/mol. The second-order valence-corrected chi connectivity index (χ2v) is 6.24. The summed E-state index contributed by atoms with van der Waals surface area (Å²) in [4.78, 5) is 19.0. The molecule has 3 saturated heterocycles. The number of oxazole rings is 1. The maximum atomic E-state index is 12.4. The molecule has 0 saturated carbocycles. The van der Waals surface area contributed by atoms with Crippen LogP contribution in [-0.2, 0) is 0 Å². The topological polar surface area (TPSA) is 58.4 Å². The lowest BCUT2D eigenvalue weighted by Gasteiger charge is -2.48. The number of nitrogens with one attached hydrogen (secondary N) is 1. The van der Waals surface area contributed by atoms with Crippen LogP contribution in [0.1, 0.15) is 30.1 Å². The van der Waals surface area contributed by atoms with Crippen molar-refractivity contribution in [2.75, 3.05) is 13.1 Å². The molecule has 5 heteroatoms. The van der Waals surface area contributed by atoms with Gasteiger partial charge >= 0.3 is 0 Å². The van der Waals surface area contributed by atoms with Gasteiger partial charge in [0.1, 0.15) is 5.52 Å². The third-order valence-corrected chi connectivity index (χ3v) is 4.96. The molecule has 4 atom stereocenters. The molecule has 110 valence electrons. The molecule has 2 aromatic rings. The van der Waals surface area contributed by atoms with Gasteiger partial charge in [-0.1, -0.05) is 0 Å². The summed E-state index contributed by atoms with van der Waals surface area (Å²) in [6.45, 7) is 4.43. The minimum atomic E-state index is -0.00805. The highest BCUT2D eigenvalue weighted by molar-refractivity contribution is 5.97. The van der Waals surface area contributed by atoms with Crippen molar-refractivity contribution < 1.29 is 9.21 Å². The molecule has 2 bridgehead atoms. The Morgan fingerprint density at radius 1 is 1.48 bits per heavy atom. The van der Waals surface area contributed by atoms with Gasteiger partial charge in [-0.3, -0.25) is 9.69 Å². The molecule has 0 aliphatic carbocycles. The predicted molar refractivity (Wildman–Crippen MR) is 79.0 cm³/mol. The van der Waals surface area contributed by atoms with E-state index in [0.29, 0.717) is 23.1 Å². The predicted octanol–water partition coefficient (Wildman–Crippen LogP) is 2.04. The summed E-state index contributed by atoms with van der Waals surface area (Å²) in [6, 6.07) is 6.32. The highest BCUT2D eigenvalue weighted by atomic mass is 16.3. The molecule has 3 aliphatic heterocycles. The number of carbonyl (C=O) groups is 1. The summed E-state index contributed by atoms with van der Waals surface area (Å²) >= 11 is 0. The van der Waals surface area contributed by atoms with E-state index in [1.165, 1.54) is 25.8 Å². The second kappa shape index (κ2) is 4.84. The van der Waals surface area contributed by atoms with E-state index in [1.807, 2.05) is 0 Å². The molecule has 1 aromatic heterocycles. The van der Waals surface area contributed by atoms with Crippen LogP contribution in [0.5, 0.6) is 0 Å². The zero-order valence-electron chi connectivity index (χ0n) is 12.1. The Hall–Kier alpha value is -1.88. The first kappa shape index (κ1) is 12.8. The van der Waals surface area contributed by atoms with Crippen molar-refractivity contribution >= 4 is 17.0 Å². The molecule has 0 radical (unpaired) electrons. The number of benzene rings is 1. The van der Waals surface area contributed by atoms with E-state index >= 15 is 0 Å². The Labute approximate surface area is 123 Å². The lowest BCUT2D eigenvalue weighted by atomic mass is 9.80. The van der Waals surface area contributed by atoms with Crippen LogP contribution in [-0.4, -0.2) is 41.0 Å². The first-order chi connectivity index (χ1) is 10.2. The Kier molecular flexibility index (Phi) is 2.96. The molecule has 1 N–H and O–H groups in total. The summed E-state index contributed by atoms with van der Waals surface area (Å²) < 4.78 is 5.21. The number of amides is 1. The largest absolute Gasteiger partial charge is 0.443 e. The first-order valence-electron chi connectivity index (χ1n) is 7.59. The van der Waals surface area contributed by atoms with E-state index in [2.05, 4.69) is 22.1 Å². The lowest BCUT2D eigenvalue weighted by Crippen LogP contribution is -2.60. The van der Waals surface area contributed by atoms with Gasteiger partial charge in [0.05, 0.1) is 0 Å². The summed E-state index contributed by atoms with van der Waals surface area (Å²) in [6.07, 6.45) is 3.78. The van der Waals surface area contributed by atoms with Crippen LogP contribution in [0.25, 0.3) is 11.1 Å². The molecule has 0 spiro atoms. The number of fused-ring (bicyclic) bond motifs is 4. The van der Waals surface area contributed by atoms with Crippen LogP contribution in [0.4, 0.5) is 0 Å². The van der Waals surface area contributed by atoms with Crippen molar-refractivity contribution in [3.8, 4) is 0 Å². The van der Waals surface area contributed by atoms with Crippen LogP contribution in [0.15, 0.2) is 29.0 Å². The second-order valence-electron chi connectivity index (χ2n) is 6.24. The Balaban J connectivity index is 1.50. The molecule has 3 aliphatic rings. The molecule has 1 amide bonds. The summed E-state index contributed by atoms with van der Waals surface area (Å²) in [7, 11) is 0. The average Bonchev–Trinajstić information content (AvgIpc) is 2.96. The van der Waals surface area contributed by atoms with Crippen LogP contribution in [0, 0.1) is 5.92 Å². The summed E-state index contributed by atoms with van der Waals surface area (Å²) in [5.74, 6) is 0.607. The normalized spacial score (nSPS) is 31.5. The molecule has 4 unspecified atom stereocenters. The van der Waals surface area contributed by atoms with Gasteiger partial charge in [0.25, 0.3) is 5.91 Å². The van der Waals surface area contributed by atoms with Crippen LogP contribution < -0.4 is 5.32 Å². The highest BCUT2D eigenvalue weighted by Gasteiger charge is 2.38. The van der Waals surface area contributed by atoms with Crippen LogP contribution in [0.2, 0.25) is 0 Å². The number of hydrogen-bond acceptors (Lipinski definition) is 4. The molecule has 4 heterocycles. The van der Waals surface area contributed by atoms with Crippen molar-refractivity contribution in [2.45, 2.75) is 31.8 Å². The van der Waals surface area contributed by atoms with Gasteiger partial charge in [-0.25, -0.2) is 4.98 Å². The molecule has 5 nitrogen and oxygen atoms in total. The summed E-state index contributed by atoms with van der Waals surface area (Å²) in [5.41, 5.74) is 2.09. The Bertz CT molecular complexity index is 681. The van der Waals surface area contributed by atoms with Crippen molar-refractivity contribution in [1.82, 2.24) is 15.2 Å². The molecule has 5 rings (SSSR count). The monoisotopic (exact) mass is 285 g/mol. The number of carbonyl (C=O) groups excluding carboxylic acids is 1. The third-order valence-electron chi connectivity index (χ3n) is 4.96. The number of piperidine rings is 3. The molecular formula is C16H19N3O2. The van der Waals surface area contributed by atoms with Gasteiger partial charge in [0.2, 0.25) is 0 Å². The van der Waals surface area contributed by atoms with Crippen LogP contribution >= 0.6 is 0 Å². The van der Waals surface area contributed by atoms with Gasteiger partial charge in [0, 0.05) is 24.2 Å². The minimum absolute atomic E-state index is 0.00805. The molecule has 21 heavy (non-hydrogen) atoms. The highest BCUT2D eigenvalue weighted by Crippen LogP contribution is 2.32. The fourth-order valence-corrected chi connectivity index (χ4v) is 3.71. The van der Waals surface area contributed by atoms with E-state index in [-0.39, 0.29) is 11.9 Å². The minimum Gasteiger partial charge on any atom is -0.443 e. The summed E-state index contributed by atoms with van der Waals surface area (Å²) in [5, 5.41) is 3.21. The van der Waals surface area contributed by atoms with E-state index in [9.17, 15) is 4.79 Å². The van der Waals surface area contributed by atoms with Gasteiger partial charge in [-0.2, -0.15) is 0 Å². The molecule has 3 fully saturated rings. The number of hydrogen-bond donors (Lipinski definition) is 1. The maximum Gasteiger partial charge on any atom is 0.251 e. The van der Waals surface area contributed by atoms with Crippen molar-refractivity contribution in [2.24, 2.45) is 5.92 Å². The fraction of sp³-hybridized carbons (Fsp3) is 0.500. The Morgan fingerprint density at radius 2 is 2.38 bits per heavy atom. The molecule has 1 aromatic carbocycles. The first-order valence-corrected chi connectivity index (χ1v) is 7.59. The van der Waals surface area contributed by atoms with Gasteiger partial charge in [-0.05, 0) is 50.4 Å². The van der Waals surface area contributed by atoms with Crippen molar-refractivity contribution in [3.05, 3.63) is 30.2 Å². The van der Waals surface area contributed by atoms with Gasteiger partial charge < -0.3 is 9.73 Å². The number of rotatable bonds is 2. The fourth-order valence-electron chi connectivity index (χ4n) is 3.71. The van der Waals surface area contributed by atoms with Crippen LogP contribution in [0.3, 0.4) is 0 Å². The SMILES string of the molecule is CC1CC2CCN1CC2NC(=O)c1ccc2ocnc2c1. The molecular weight excluding hydrogens is 266 g/mol. The zero-order valence-corrected chi connectivity index (χ0v) is 12.1. The third kappa shape index (κ3) is 2.21. The van der Waals surface area contributed by atoms with Crippen molar-refractivity contribution in [3.63, 3.8) is 0 Å². The van der Waals surface area contributed by atoms with Gasteiger partial charge in [-0.15, -0.1) is 0 Å². The smallest absolute Gasteiger partial charge is 0.251 e. The zero-order chi connectivity index (χ0) is 14.4. The quantitative estimate of drug-likeness (QED) is 0.917. The van der Waals surface area contributed by atoms with Gasteiger partial charge in [0.15, 0.2) is 12.0 Å². The Morgan fingerprint density at radius 3 is 3.14 bits per heavy atom. The number of aromatic nitrogens is 1. The standard InChI is InChI=1S/C16H19N3O2/c1-10-6-11-4-5-19(10)8-14(11)18-16(20)12-2-3-15-13(7-12)17-9-21-15/h2-3,7,9-11,14H,4-6,8H2,1H3,(H,18,20). The van der Waals surface area contributed by atoms with E-state index < -0.39 is 0 Å². The lowest BCUT2D eigenvalue weighted by molar-refractivity contribution is 0.0274. The number of nitrogens with zero attached hydrogens (tertiary/aromatic N) is 2. The maximum absolute atomic E-state index is 12.4. The van der Waals surface area contributed by atoms with E-state index in [0.717, 1.165) is 12.1 Å². The van der Waals surface area contributed by atoms with E-state index in [4.69, 9.17) is 4.42 Å². The van der Waals surface area contributed by atoms with Crippen molar-refractivity contribution in [1.29, 1.82) is 0 Å².